The summed E-state index contributed by atoms with van der Waals surface area (Å²) in [5.41, 5.74) is 2.13. The van der Waals surface area contributed by atoms with Crippen LogP contribution in [0.4, 0.5) is 0 Å². The molecule has 78 valence electrons. The van der Waals surface area contributed by atoms with Crippen molar-refractivity contribution in [1.29, 1.82) is 0 Å². The van der Waals surface area contributed by atoms with Gasteiger partial charge in [0.2, 0.25) is 0 Å². The second-order valence-electron chi connectivity index (χ2n) is 3.11. The van der Waals surface area contributed by atoms with Crippen molar-refractivity contribution in [3.05, 3.63) is 24.5 Å². The minimum absolute atomic E-state index is 1.00. The van der Waals surface area contributed by atoms with Gasteiger partial charge in [-0.25, -0.2) is 4.57 Å². The van der Waals surface area contributed by atoms with E-state index in [1.54, 1.807) is 11.8 Å². The largest absolute Gasteiger partial charge is 0.207 e. The molecule has 0 atom stereocenters. The van der Waals surface area contributed by atoms with Crippen LogP contribution in [0.3, 0.4) is 0 Å². The molecule has 15 heavy (non-hydrogen) atoms. The van der Waals surface area contributed by atoms with E-state index in [9.17, 15) is 0 Å². The maximum atomic E-state index is 4.34. The third-order valence-electron chi connectivity index (χ3n) is 1.95. The average Bonchev–Trinajstić information content (AvgIpc) is 2.66. The van der Waals surface area contributed by atoms with Gasteiger partial charge in [0.15, 0.2) is 12.4 Å². The minimum atomic E-state index is 1.00. The molecule has 2 rings (SSSR count). The number of aryl methyl sites for hydroxylation is 1. The summed E-state index contributed by atoms with van der Waals surface area (Å²) in [4.78, 5) is 0. The van der Waals surface area contributed by atoms with Gasteiger partial charge < -0.3 is 0 Å². The Morgan fingerprint density at radius 3 is 3.07 bits per heavy atom. The van der Waals surface area contributed by atoms with Crippen LogP contribution in [0.15, 0.2) is 29.6 Å². The van der Waals surface area contributed by atoms with Crippen LogP contribution in [0.25, 0.3) is 11.3 Å². The van der Waals surface area contributed by atoms with E-state index in [1.165, 1.54) is 11.7 Å². The number of thioether (sulfide) groups is 1. The first kappa shape index (κ1) is 10.6. The van der Waals surface area contributed by atoms with Crippen molar-refractivity contribution in [3.8, 4) is 11.3 Å². The minimum Gasteiger partial charge on any atom is -0.207 e. The van der Waals surface area contributed by atoms with Crippen LogP contribution in [0, 0.1) is 0 Å². The zero-order valence-corrected chi connectivity index (χ0v) is 10.3. The van der Waals surface area contributed by atoms with Crippen molar-refractivity contribution in [3.63, 3.8) is 0 Å². The van der Waals surface area contributed by atoms with Gasteiger partial charge in [-0.05, 0) is 11.8 Å². The molecule has 0 bridgehead atoms. The van der Waals surface area contributed by atoms with Crippen LogP contribution >= 0.6 is 23.5 Å². The molecular formula is C10H12N3S2+. The van der Waals surface area contributed by atoms with Gasteiger partial charge in [-0.3, -0.25) is 0 Å². The van der Waals surface area contributed by atoms with E-state index in [1.807, 2.05) is 23.9 Å². The SMILES string of the molecule is CCSc1nsnc1-c1ccc[n+](C)c1. The summed E-state index contributed by atoms with van der Waals surface area (Å²) < 4.78 is 10.7. The van der Waals surface area contributed by atoms with Crippen molar-refractivity contribution in [2.75, 3.05) is 5.75 Å². The summed E-state index contributed by atoms with van der Waals surface area (Å²) in [5.74, 6) is 1.03. The Bertz CT molecular complexity index is 453. The monoisotopic (exact) mass is 238 g/mol. The molecule has 2 aromatic rings. The quantitative estimate of drug-likeness (QED) is 0.606. The normalized spacial score (nSPS) is 10.5. The van der Waals surface area contributed by atoms with Gasteiger partial charge in [0.05, 0.1) is 17.3 Å². The lowest BCUT2D eigenvalue weighted by molar-refractivity contribution is -0.671. The number of nitrogens with zero attached hydrogens (tertiary/aromatic N) is 3. The van der Waals surface area contributed by atoms with Gasteiger partial charge in [-0.15, -0.1) is 11.8 Å². The molecule has 0 aliphatic heterocycles. The zero-order valence-electron chi connectivity index (χ0n) is 8.67. The van der Waals surface area contributed by atoms with Crippen molar-refractivity contribution in [2.24, 2.45) is 7.05 Å². The Balaban J connectivity index is 2.40. The summed E-state index contributed by atoms with van der Waals surface area (Å²) in [5, 5.41) is 1.04. The first-order valence-corrected chi connectivity index (χ1v) is 6.44. The fraction of sp³-hybridized carbons (Fsp3) is 0.300. The lowest BCUT2D eigenvalue weighted by atomic mass is 10.2. The zero-order chi connectivity index (χ0) is 10.7. The highest BCUT2D eigenvalue weighted by atomic mass is 32.2. The highest BCUT2D eigenvalue weighted by molar-refractivity contribution is 7.99. The summed E-state index contributed by atoms with van der Waals surface area (Å²) in [6, 6.07) is 4.09. The summed E-state index contributed by atoms with van der Waals surface area (Å²) >= 11 is 3.01. The molecule has 2 heterocycles. The number of rotatable bonds is 3. The maximum absolute atomic E-state index is 4.34. The topological polar surface area (TPSA) is 29.7 Å². The van der Waals surface area contributed by atoms with E-state index in [-0.39, 0.29) is 0 Å². The molecular weight excluding hydrogens is 226 g/mol. The average molecular weight is 238 g/mol. The van der Waals surface area contributed by atoms with Gasteiger partial charge in [0.1, 0.15) is 17.8 Å². The van der Waals surface area contributed by atoms with Crippen LogP contribution in [0.5, 0.6) is 0 Å². The Morgan fingerprint density at radius 1 is 1.47 bits per heavy atom. The fourth-order valence-electron chi connectivity index (χ4n) is 1.32. The molecule has 0 fully saturated rings. The number of pyridine rings is 1. The first-order chi connectivity index (χ1) is 7.31. The predicted octanol–water partition coefficient (Wildman–Crippen LogP) is 2.14. The Morgan fingerprint density at radius 2 is 2.33 bits per heavy atom. The van der Waals surface area contributed by atoms with Gasteiger partial charge in [-0.2, -0.15) is 8.75 Å². The molecule has 0 unspecified atom stereocenters. The van der Waals surface area contributed by atoms with E-state index in [0.29, 0.717) is 0 Å². The smallest absolute Gasteiger partial charge is 0.178 e. The van der Waals surface area contributed by atoms with Crippen molar-refractivity contribution >= 4 is 23.5 Å². The molecule has 0 aromatic carbocycles. The molecule has 0 aliphatic rings. The highest BCUT2D eigenvalue weighted by Gasteiger charge is 2.12. The number of hydrogen-bond acceptors (Lipinski definition) is 4. The molecule has 0 aliphatic carbocycles. The Labute approximate surface area is 97.5 Å². The van der Waals surface area contributed by atoms with E-state index < -0.39 is 0 Å². The van der Waals surface area contributed by atoms with E-state index in [4.69, 9.17) is 0 Å². The van der Waals surface area contributed by atoms with Gasteiger partial charge in [0.25, 0.3) is 0 Å². The van der Waals surface area contributed by atoms with Crippen LogP contribution in [-0.4, -0.2) is 14.5 Å². The molecule has 0 radical (unpaired) electrons. The molecule has 0 saturated carbocycles. The van der Waals surface area contributed by atoms with Crippen LogP contribution in [-0.2, 0) is 7.05 Å². The summed E-state index contributed by atoms with van der Waals surface area (Å²) in [6.45, 7) is 2.12. The van der Waals surface area contributed by atoms with Crippen LogP contribution < -0.4 is 4.57 Å². The second-order valence-corrected chi connectivity index (χ2v) is 4.89. The third-order valence-corrected chi connectivity index (χ3v) is 3.44. The Kier molecular flexibility index (Phi) is 3.33. The molecule has 0 saturated heterocycles. The predicted molar refractivity (Wildman–Crippen MR) is 62.9 cm³/mol. The van der Waals surface area contributed by atoms with Crippen LogP contribution in [0.1, 0.15) is 6.92 Å². The maximum Gasteiger partial charge on any atom is 0.178 e. The second kappa shape index (κ2) is 4.72. The van der Waals surface area contributed by atoms with Gasteiger partial charge in [-0.1, -0.05) is 6.92 Å². The van der Waals surface area contributed by atoms with E-state index >= 15 is 0 Å². The van der Waals surface area contributed by atoms with Crippen molar-refractivity contribution in [2.45, 2.75) is 11.9 Å². The Hall–Kier alpha value is -0.940. The molecule has 0 amide bonds. The van der Waals surface area contributed by atoms with Crippen molar-refractivity contribution < 1.29 is 4.57 Å². The van der Waals surface area contributed by atoms with E-state index in [0.717, 1.165) is 22.0 Å². The summed E-state index contributed by atoms with van der Waals surface area (Å²) in [6.07, 6.45) is 4.08. The highest BCUT2D eigenvalue weighted by Crippen LogP contribution is 2.28. The lowest BCUT2D eigenvalue weighted by Gasteiger charge is -1.97. The molecule has 0 N–H and O–H groups in total. The lowest BCUT2D eigenvalue weighted by Crippen LogP contribution is -2.26. The van der Waals surface area contributed by atoms with Crippen molar-refractivity contribution in [1.82, 2.24) is 8.75 Å². The third kappa shape index (κ3) is 2.35. The van der Waals surface area contributed by atoms with Gasteiger partial charge in [0, 0.05) is 6.07 Å². The number of hydrogen-bond donors (Lipinski definition) is 0. The van der Waals surface area contributed by atoms with E-state index in [2.05, 4.69) is 27.9 Å². The molecule has 5 heteroatoms. The molecule has 3 nitrogen and oxygen atoms in total. The molecule has 0 spiro atoms. The van der Waals surface area contributed by atoms with Gasteiger partial charge >= 0.3 is 0 Å². The molecule has 2 aromatic heterocycles. The summed E-state index contributed by atoms with van der Waals surface area (Å²) in [7, 11) is 2.01. The first-order valence-electron chi connectivity index (χ1n) is 4.72. The number of aromatic nitrogens is 3. The van der Waals surface area contributed by atoms with Crippen LogP contribution in [0.2, 0.25) is 0 Å². The standard InChI is InChI=1S/C10H12N3S2/c1-3-14-10-9(11-15-12-10)8-5-4-6-13(2)7-8/h4-7H,3H2,1-2H3/q+1. The fourth-order valence-corrected chi connectivity index (χ4v) is 2.73.